The number of unbranched alkanes of at least 4 members (excludes halogenated alkanes) is 1. The van der Waals surface area contributed by atoms with Crippen molar-refractivity contribution in [3.8, 4) is 5.75 Å². The van der Waals surface area contributed by atoms with E-state index in [1.807, 2.05) is 24.3 Å². The van der Waals surface area contributed by atoms with E-state index < -0.39 is 0 Å². The lowest BCUT2D eigenvalue weighted by Crippen LogP contribution is -2.55. The van der Waals surface area contributed by atoms with Crippen LogP contribution in [0.25, 0.3) is 0 Å². The van der Waals surface area contributed by atoms with Gasteiger partial charge in [-0.15, -0.1) is 0 Å². The van der Waals surface area contributed by atoms with Crippen molar-refractivity contribution in [1.82, 2.24) is 10.2 Å². The minimum absolute atomic E-state index is 0.0128. The maximum absolute atomic E-state index is 12.1. The van der Waals surface area contributed by atoms with Gasteiger partial charge in [0.2, 0.25) is 5.91 Å². The number of carbonyl (C=O) groups excluding carboxylic acids is 1. The average Bonchev–Trinajstić information content (AvgIpc) is 2.48. The quantitative estimate of drug-likeness (QED) is 0.706. The monoisotopic (exact) mass is 292 g/mol. The number of nitrogens with zero attached hydrogens (tertiary/aromatic N) is 1. The molecule has 0 spiro atoms. The first kappa shape index (κ1) is 15.8. The Morgan fingerprint density at radius 3 is 2.71 bits per heavy atom. The van der Waals surface area contributed by atoms with Gasteiger partial charge >= 0.3 is 0 Å². The SMILES string of the molecule is COc1ccc(CN2CCC2C(=O)NCCCCO)cc1. The van der Waals surface area contributed by atoms with Crippen molar-refractivity contribution in [1.29, 1.82) is 0 Å². The molecule has 1 amide bonds. The molecule has 1 saturated heterocycles. The highest BCUT2D eigenvalue weighted by Crippen LogP contribution is 2.21. The number of hydrogen-bond acceptors (Lipinski definition) is 4. The maximum atomic E-state index is 12.1. The standard InChI is InChI=1S/C16H24N2O3/c1-21-14-6-4-13(5-7-14)12-18-10-8-15(18)16(20)17-9-2-3-11-19/h4-7,15,19H,2-3,8-12H2,1H3,(H,17,20). The summed E-state index contributed by atoms with van der Waals surface area (Å²) in [5, 5.41) is 11.7. The predicted octanol–water partition coefficient (Wildman–Crippen LogP) is 1.16. The summed E-state index contributed by atoms with van der Waals surface area (Å²) in [5.74, 6) is 0.952. The summed E-state index contributed by atoms with van der Waals surface area (Å²) in [7, 11) is 1.65. The molecule has 1 aromatic rings. The highest BCUT2D eigenvalue weighted by molar-refractivity contribution is 5.82. The van der Waals surface area contributed by atoms with Crippen LogP contribution >= 0.6 is 0 Å². The Labute approximate surface area is 125 Å². The van der Waals surface area contributed by atoms with Gasteiger partial charge in [-0.1, -0.05) is 12.1 Å². The fourth-order valence-electron chi connectivity index (χ4n) is 2.46. The largest absolute Gasteiger partial charge is 0.497 e. The number of amides is 1. The van der Waals surface area contributed by atoms with E-state index in [1.165, 1.54) is 5.56 Å². The summed E-state index contributed by atoms with van der Waals surface area (Å²) in [4.78, 5) is 14.2. The molecule has 2 N–H and O–H groups in total. The molecule has 1 aromatic carbocycles. The second-order valence-electron chi connectivity index (χ2n) is 5.34. The molecule has 21 heavy (non-hydrogen) atoms. The van der Waals surface area contributed by atoms with Gasteiger partial charge in [-0.3, -0.25) is 9.69 Å². The zero-order chi connectivity index (χ0) is 15.1. The predicted molar refractivity (Wildman–Crippen MR) is 81.1 cm³/mol. The minimum atomic E-state index is -0.0128. The van der Waals surface area contributed by atoms with Crippen LogP contribution in [0.3, 0.4) is 0 Å². The molecule has 0 saturated carbocycles. The van der Waals surface area contributed by atoms with Crippen LogP contribution in [0.2, 0.25) is 0 Å². The first-order valence-corrected chi connectivity index (χ1v) is 7.50. The van der Waals surface area contributed by atoms with Gasteiger partial charge in [-0.05, 0) is 37.0 Å². The Morgan fingerprint density at radius 1 is 1.38 bits per heavy atom. The van der Waals surface area contributed by atoms with Crippen molar-refractivity contribution in [2.45, 2.75) is 31.8 Å². The zero-order valence-electron chi connectivity index (χ0n) is 12.5. The molecule has 1 atom stereocenters. The molecule has 1 unspecified atom stereocenters. The Morgan fingerprint density at radius 2 is 2.14 bits per heavy atom. The molecular formula is C16H24N2O3. The van der Waals surface area contributed by atoms with Crippen LogP contribution in [0.5, 0.6) is 5.75 Å². The van der Waals surface area contributed by atoms with E-state index in [2.05, 4.69) is 10.2 Å². The molecule has 0 bridgehead atoms. The molecule has 5 nitrogen and oxygen atoms in total. The first-order chi connectivity index (χ1) is 10.2. The Hall–Kier alpha value is -1.59. The third-order valence-corrected chi connectivity index (χ3v) is 3.86. The van der Waals surface area contributed by atoms with Gasteiger partial charge in [0.25, 0.3) is 0 Å². The Balaban J connectivity index is 1.77. The van der Waals surface area contributed by atoms with E-state index in [0.29, 0.717) is 6.54 Å². The van der Waals surface area contributed by atoms with E-state index in [-0.39, 0.29) is 18.6 Å². The van der Waals surface area contributed by atoms with Crippen molar-refractivity contribution in [3.05, 3.63) is 29.8 Å². The van der Waals surface area contributed by atoms with Gasteiger partial charge in [0.15, 0.2) is 0 Å². The van der Waals surface area contributed by atoms with Crippen molar-refractivity contribution < 1.29 is 14.6 Å². The number of benzene rings is 1. The summed E-state index contributed by atoms with van der Waals surface area (Å²) in [5.41, 5.74) is 1.19. The lowest BCUT2D eigenvalue weighted by molar-refractivity contribution is -0.131. The number of aliphatic hydroxyl groups excluding tert-OH is 1. The van der Waals surface area contributed by atoms with E-state index in [9.17, 15) is 4.79 Å². The fourth-order valence-corrected chi connectivity index (χ4v) is 2.46. The van der Waals surface area contributed by atoms with E-state index in [4.69, 9.17) is 9.84 Å². The smallest absolute Gasteiger partial charge is 0.237 e. The summed E-state index contributed by atoms with van der Waals surface area (Å²) in [6.07, 6.45) is 2.48. The van der Waals surface area contributed by atoms with Crippen molar-refractivity contribution >= 4 is 5.91 Å². The Bertz CT molecular complexity index is 447. The second-order valence-corrected chi connectivity index (χ2v) is 5.34. The lowest BCUT2D eigenvalue weighted by Gasteiger charge is -2.39. The maximum Gasteiger partial charge on any atom is 0.237 e. The van der Waals surface area contributed by atoms with Gasteiger partial charge in [-0.25, -0.2) is 0 Å². The third-order valence-electron chi connectivity index (χ3n) is 3.86. The topological polar surface area (TPSA) is 61.8 Å². The van der Waals surface area contributed by atoms with Gasteiger partial charge in [-0.2, -0.15) is 0 Å². The van der Waals surface area contributed by atoms with Crippen LogP contribution in [0.15, 0.2) is 24.3 Å². The number of nitrogens with one attached hydrogen (secondary N) is 1. The first-order valence-electron chi connectivity index (χ1n) is 7.50. The molecular weight excluding hydrogens is 268 g/mol. The van der Waals surface area contributed by atoms with Crippen LogP contribution in [0, 0.1) is 0 Å². The van der Waals surface area contributed by atoms with Crippen LogP contribution in [-0.2, 0) is 11.3 Å². The van der Waals surface area contributed by atoms with Gasteiger partial charge < -0.3 is 15.2 Å². The Kier molecular flexibility index (Phi) is 6.02. The molecule has 0 aromatic heterocycles. The molecule has 0 aliphatic carbocycles. The summed E-state index contributed by atoms with van der Waals surface area (Å²) < 4.78 is 5.14. The normalized spacial score (nSPS) is 18.1. The summed E-state index contributed by atoms with van der Waals surface area (Å²) in [6, 6.07) is 7.94. The van der Waals surface area contributed by atoms with Crippen molar-refractivity contribution in [3.63, 3.8) is 0 Å². The number of methoxy groups -OCH3 is 1. The van der Waals surface area contributed by atoms with Crippen LogP contribution in [-0.4, -0.2) is 48.8 Å². The molecule has 1 aliphatic rings. The highest BCUT2D eigenvalue weighted by Gasteiger charge is 2.33. The van der Waals surface area contributed by atoms with Gasteiger partial charge in [0.1, 0.15) is 5.75 Å². The van der Waals surface area contributed by atoms with Gasteiger partial charge in [0, 0.05) is 26.2 Å². The summed E-state index contributed by atoms with van der Waals surface area (Å²) in [6.45, 7) is 2.58. The van der Waals surface area contributed by atoms with E-state index in [0.717, 1.165) is 38.1 Å². The molecule has 5 heteroatoms. The number of aliphatic hydroxyl groups is 1. The molecule has 1 fully saturated rings. The van der Waals surface area contributed by atoms with E-state index >= 15 is 0 Å². The number of ether oxygens (including phenoxy) is 1. The average molecular weight is 292 g/mol. The summed E-state index contributed by atoms with van der Waals surface area (Å²) >= 11 is 0. The molecule has 2 rings (SSSR count). The molecule has 116 valence electrons. The zero-order valence-corrected chi connectivity index (χ0v) is 12.5. The highest BCUT2D eigenvalue weighted by atomic mass is 16.5. The number of rotatable bonds is 8. The molecule has 1 aliphatic heterocycles. The van der Waals surface area contributed by atoms with Gasteiger partial charge in [0.05, 0.1) is 13.2 Å². The number of hydrogen-bond donors (Lipinski definition) is 2. The van der Waals surface area contributed by atoms with Crippen molar-refractivity contribution in [2.24, 2.45) is 0 Å². The second kappa shape index (κ2) is 8.00. The van der Waals surface area contributed by atoms with Crippen molar-refractivity contribution in [2.75, 3.05) is 26.8 Å². The molecule has 1 heterocycles. The molecule has 0 radical (unpaired) electrons. The third kappa shape index (κ3) is 4.44. The lowest BCUT2D eigenvalue weighted by atomic mass is 10.0. The fraction of sp³-hybridized carbons (Fsp3) is 0.562. The van der Waals surface area contributed by atoms with Crippen LogP contribution < -0.4 is 10.1 Å². The minimum Gasteiger partial charge on any atom is -0.497 e. The number of likely N-dealkylation sites (tertiary alicyclic amines) is 1. The van der Waals surface area contributed by atoms with Crippen LogP contribution in [0.4, 0.5) is 0 Å². The van der Waals surface area contributed by atoms with Crippen LogP contribution in [0.1, 0.15) is 24.8 Å². The van der Waals surface area contributed by atoms with E-state index in [1.54, 1.807) is 7.11 Å². The number of carbonyl (C=O) groups is 1.